The number of piperazine rings is 1. The van der Waals surface area contributed by atoms with E-state index in [0.29, 0.717) is 29.1 Å². The Hall–Kier alpha value is -3.63. The molecule has 0 aliphatic carbocycles. The largest absolute Gasteiger partial charge is 0.482 e. The number of benzene rings is 1. The number of pyridine rings is 1. The maximum absolute atomic E-state index is 12.3. The molecule has 10 nitrogen and oxygen atoms in total. The lowest BCUT2D eigenvalue weighted by Gasteiger charge is -2.33. The Bertz CT molecular complexity index is 1230. The molecule has 188 valence electrons. The molecule has 11 heteroatoms. The normalized spacial score (nSPS) is 15.9. The topological polar surface area (TPSA) is 98.7 Å². The molecule has 1 aromatic carbocycles. The Balaban J connectivity index is 1.30. The van der Waals surface area contributed by atoms with Gasteiger partial charge in [0, 0.05) is 38.4 Å². The number of halogens is 1. The fourth-order valence-electron chi connectivity index (χ4n) is 4.21. The van der Waals surface area contributed by atoms with Crippen LogP contribution in [-0.2, 0) is 4.79 Å². The molecule has 0 saturated carbocycles. The van der Waals surface area contributed by atoms with E-state index in [1.807, 2.05) is 37.3 Å². The van der Waals surface area contributed by atoms with Crippen molar-refractivity contribution in [2.24, 2.45) is 0 Å². The number of hydrogen-bond donors (Lipinski definition) is 2. The van der Waals surface area contributed by atoms with Crippen LogP contribution in [0.2, 0.25) is 5.02 Å². The average molecular weight is 509 g/mol. The number of aromatic nitrogens is 3. The molecular formula is C25H29ClN8O2. The molecule has 2 aliphatic heterocycles. The molecule has 2 aromatic heterocycles. The predicted molar refractivity (Wildman–Crippen MR) is 142 cm³/mol. The van der Waals surface area contributed by atoms with E-state index in [-0.39, 0.29) is 12.5 Å². The number of nitrogens with one attached hydrogen (secondary N) is 2. The van der Waals surface area contributed by atoms with Crippen molar-refractivity contribution in [2.45, 2.75) is 13.3 Å². The Morgan fingerprint density at radius 2 is 1.83 bits per heavy atom. The summed E-state index contributed by atoms with van der Waals surface area (Å²) >= 11 is 6.39. The highest BCUT2D eigenvalue weighted by Gasteiger charge is 2.25. The van der Waals surface area contributed by atoms with E-state index in [4.69, 9.17) is 16.3 Å². The summed E-state index contributed by atoms with van der Waals surface area (Å²) in [4.78, 5) is 32.1. The van der Waals surface area contributed by atoms with E-state index in [0.717, 1.165) is 55.5 Å². The monoisotopic (exact) mass is 508 g/mol. The minimum absolute atomic E-state index is 0.0533. The van der Waals surface area contributed by atoms with E-state index >= 15 is 0 Å². The Kier molecular flexibility index (Phi) is 7.06. The summed E-state index contributed by atoms with van der Waals surface area (Å²) < 4.78 is 5.59. The fourth-order valence-corrected chi connectivity index (χ4v) is 4.35. The lowest BCUT2D eigenvalue weighted by Crippen LogP contribution is -2.44. The molecule has 1 fully saturated rings. The third-order valence-corrected chi connectivity index (χ3v) is 6.46. The van der Waals surface area contributed by atoms with Crippen molar-refractivity contribution in [3.63, 3.8) is 0 Å². The van der Waals surface area contributed by atoms with Gasteiger partial charge in [0.1, 0.15) is 16.6 Å². The molecule has 0 atom stereocenters. The third-order valence-electron chi connectivity index (χ3n) is 6.19. The predicted octanol–water partition coefficient (Wildman–Crippen LogP) is 3.90. The van der Waals surface area contributed by atoms with Crippen LogP contribution in [0.25, 0.3) is 0 Å². The highest BCUT2D eigenvalue weighted by molar-refractivity contribution is 6.32. The lowest BCUT2D eigenvalue weighted by atomic mass is 10.2. The SMILES string of the molecule is CCCN1C(=O)COc2ccc(Nc3nc(Nc4ccc(N5CCN(C)CC5)nc4)ncc3Cl)cc21. The van der Waals surface area contributed by atoms with Crippen LogP contribution < -0.4 is 25.2 Å². The standard InChI is InChI=1S/C25H29ClN8O2/c1-3-8-34-20-13-17(4-6-21(20)36-16-23(34)35)29-24-19(26)15-28-25(31-24)30-18-5-7-22(27-14-18)33-11-9-32(2)10-12-33/h4-7,13-15H,3,8-12,16H2,1-2H3,(H2,28,29,30,31). The molecule has 1 saturated heterocycles. The second-order valence-electron chi connectivity index (χ2n) is 8.85. The molecule has 0 bridgehead atoms. The molecule has 2 aliphatic rings. The van der Waals surface area contributed by atoms with Crippen LogP contribution in [0.3, 0.4) is 0 Å². The second-order valence-corrected chi connectivity index (χ2v) is 9.26. The van der Waals surface area contributed by atoms with Gasteiger partial charge in [-0.15, -0.1) is 0 Å². The van der Waals surface area contributed by atoms with Gasteiger partial charge in [0.15, 0.2) is 12.4 Å². The van der Waals surface area contributed by atoms with Gasteiger partial charge < -0.3 is 30.1 Å². The second kappa shape index (κ2) is 10.5. The zero-order valence-corrected chi connectivity index (χ0v) is 21.1. The van der Waals surface area contributed by atoms with Crippen molar-refractivity contribution < 1.29 is 9.53 Å². The zero-order chi connectivity index (χ0) is 25.1. The number of amides is 1. The lowest BCUT2D eigenvalue weighted by molar-refractivity contribution is -0.121. The van der Waals surface area contributed by atoms with E-state index in [1.165, 1.54) is 0 Å². The summed E-state index contributed by atoms with van der Waals surface area (Å²) in [6, 6.07) is 9.55. The summed E-state index contributed by atoms with van der Waals surface area (Å²) in [5.41, 5.74) is 2.24. The summed E-state index contributed by atoms with van der Waals surface area (Å²) in [5.74, 6) is 2.42. The van der Waals surface area contributed by atoms with Crippen molar-refractivity contribution in [1.29, 1.82) is 0 Å². The number of nitrogens with zero attached hydrogens (tertiary/aromatic N) is 6. The van der Waals surface area contributed by atoms with E-state index in [2.05, 4.69) is 42.4 Å². The Morgan fingerprint density at radius 3 is 2.58 bits per heavy atom. The summed E-state index contributed by atoms with van der Waals surface area (Å²) in [6.45, 7) is 6.70. The van der Waals surface area contributed by atoms with E-state index < -0.39 is 0 Å². The fraction of sp³-hybridized carbons (Fsp3) is 0.360. The Labute approximate surface area is 215 Å². The van der Waals surface area contributed by atoms with E-state index in [1.54, 1.807) is 17.3 Å². The number of ether oxygens (including phenoxy) is 1. The van der Waals surface area contributed by atoms with Gasteiger partial charge >= 0.3 is 0 Å². The first-order valence-electron chi connectivity index (χ1n) is 12.0. The summed E-state index contributed by atoms with van der Waals surface area (Å²) in [5, 5.41) is 6.80. The van der Waals surface area contributed by atoms with Crippen LogP contribution in [0, 0.1) is 0 Å². The van der Waals surface area contributed by atoms with Crippen molar-refractivity contribution >= 4 is 52.2 Å². The Morgan fingerprint density at radius 1 is 1.03 bits per heavy atom. The number of anilines is 6. The van der Waals surface area contributed by atoms with Gasteiger partial charge in [0.25, 0.3) is 5.91 Å². The minimum Gasteiger partial charge on any atom is -0.482 e. The van der Waals surface area contributed by atoms with Gasteiger partial charge in [-0.05, 0) is 43.8 Å². The molecule has 36 heavy (non-hydrogen) atoms. The van der Waals surface area contributed by atoms with E-state index in [9.17, 15) is 4.79 Å². The molecule has 0 spiro atoms. The van der Waals surface area contributed by atoms with Gasteiger partial charge in [0.2, 0.25) is 5.95 Å². The highest BCUT2D eigenvalue weighted by atomic mass is 35.5. The van der Waals surface area contributed by atoms with Crippen LogP contribution in [0.5, 0.6) is 5.75 Å². The van der Waals surface area contributed by atoms with Gasteiger partial charge in [-0.3, -0.25) is 4.79 Å². The maximum atomic E-state index is 12.3. The third kappa shape index (κ3) is 5.29. The quantitative estimate of drug-likeness (QED) is 0.492. The minimum atomic E-state index is -0.0553. The zero-order valence-electron chi connectivity index (χ0n) is 20.4. The average Bonchev–Trinajstić information content (AvgIpc) is 2.89. The maximum Gasteiger partial charge on any atom is 0.265 e. The van der Waals surface area contributed by atoms with Crippen LogP contribution >= 0.6 is 11.6 Å². The van der Waals surface area contributed by atoms with Gasteiger partial charge in [-0.1, -0.05) is 18.5 Å². The first-order chi connectivity index (χ1) is 17.5. The van der Waals surface area contributed by atoms with Crippen LogP contribution in [0.15, 0.2) is 42.7 Å². The molecule has 0 radical (unpaired) electrons. The summed E-state index contributed by atoms with van der Waals surface area (Å²) in [6.07, 6.45) is 4.17. The molecule has 5 rings (SSSR count). The first kappa shape index (κ1) is 24.1. The van der Waals surface area contributed by atoms with Crippen molar-refractivity contribution in [3.8, 4) is 5.75 Å². The first-order valence-corrected chi connectivity index (χ1v) is 12.4. The number of likely N-dealkylation sites (N-methyl/N-ethyl adjacent to an activating group) is 1. The van der Waals surface area contributed by atoms with Crippen molar-refractivity contribution in [1.82, 2.24) is 19.9 Å². The number of rotatable bonds is 7. The molecule has 4 heterocycles. The van der Waals surface area contributed by atoms with Crippen LogP contribution in [0.4, 0.5) is 34.6 Å². The number of hydrogen-bond acceptors (Lipinski definition) is 9. The van der Waals surface area contributed by atoms with Gasteiger partial charge in [0.05, 0.1) is 23.8 Å². The van der Waals surface area contributed by atoms with Gasteiger partial charge in [-0.2, -0.15) is 4.98 Å². The highest BCUT2D eigenvalue weighted by Crippen LogP contribution is 2.36. The smallest absolute Gasteiger partial charge is 0.265 e. The molecule has 3 aromatic rings. The van der Waals surface area contributed by atoms with Crippen LogP contribution in [0.1, 0.15) is 13.3 Å². The van der Waals surface area contributed by atoms with Crippen LogP contribution in [-0.4, -0.2) is 72.1 Å². The number of carbonyl (C=O) groups is 1. The molecule has 1 amide bonds. The van der Waals surface area contributed by atoms with Crippen molar-refractivity contribution in [3.05, 3.63) is 47.7 Å². The molecular weight excluding hydrogens is 480 g/mol. The molecule has 0 unspecified atom stereocenters. The van der Waals surface area contributed by atoms with Crippen molar-refractivity contribution in [2.75, 3.05) is 66.8 Å². The molecule has 2 N–H and O–H groups in total. The summed E-state index contributed by atoms with van der Waals surface area (Å²) in [7, 11) is 2.13. The number of carbonyl (C=O) groups excluding carboxylic acids is 1. The van der Waals surface area contributed by atoms with Gasteiger partial charge in [-0.25, -0.2) is 9.97 Å². The number of fused-ring (bicyclic) bond motifs is 1.